The Bertz CT molecular complexity index is 167. The minimum absolute atomic E-state index is 0.321. The van der Waals surface area contributed by atoms with Gasteiger partial charge in [0.1, 0.15) is 12.1 Å². The van der Waals surface area contributed by atoms with E-state index in [1.54, 1.807) is 0 Å². The molecular weight excluding hydrogens is 122 g/mol. The van der Waals surface area contributed by atoms with E-state index in [9.17, 15) is 9.59 Å². The average Bonchev–Trinajstić information content (AvgIpc) is 1.81. The number of nitrogens with two attached hydrogens (primary N) is 2. The maximum absolute atomic E-state index is 10.3. The maximum Gasteiger partial charge on any atom is 0.242 e. The predicted molar refractivity (Wildman–Crippen MR) is 29.1 cm³/mol. The van der Waals surface area contributed by atoms with Crippen LogP contribution in [0.25, 0.3) is 0 Å². The van der Waals surface area contributed by atoms with Crippen LogP contribution in [0.2, 0.25) is 0 Å². The van der Waals surface area contributed by atoms with Crippen LogP contribution in [0.3, 0.4) is 0 Å². The summed E-state index contributed by atoms with van der Waals surface area (Å²) in [7, 11) is 0. The summed E-state index contributed by atoms with van der Waals surface area (Å²) in [5, 5.41) is 2.25. The van der Waals surface area contributed by atoms with E-state index in [2.05, 4.69) is 5.32 Å². The molecule has 50 valence electrons. The van der Waals surface area contributed by atoms with E-state index >= 15 is 0 Å². The van der Waals surface area contributed by atoms with Gasteiger partial charge in [0.25, 0.3) is 0 Å². The summed E-state index contributed by atoms with van der Waals surface area (Å²) in [5.74, 6) is -0.902. The molecule has 0 aromatic heterocycles. The number of hydrogen-bond acceptors (Lipinski definition) is 3. The molecule has 5 N–H and O–H groups in total. The van der Waals surface area contributed by atoms with Gasteiger partial charge in [-0.1, -0.05) is 0 Å². The van der Waals surface area contributed by atoms with Crippen molar-refractivity contribution >= 4 is 11.8 Å². The summed E-state index contributed by atoms with van der Waals surface area (Å²) in [6.45, 7) is 0. The number of hydrogen-bond donors (Lipinski definition) is 3. The van der Waals surface area contributed by atoms with Crippen molar-refractivity contribution in [1.29, 1.82) is 0 Å². The first kappa shape index (κ1) is 6.03. The summed E-state index contributed by atoms with van der Waals surface area (Å²) in [4.78, 5) is 20.6. The van der Waals surface area contributed by atoms with Gasteiger partial charge < -0.3 is 16.8 Å². The van der Waals surface area contributed by atoms with Gasteiger partial charge in [0, 0.05) is 0 Å². The molecule has 0 aliphatic carbocycles. The lowest BCUT2D eigenvalue weighted by atomic mass is 10.0. The van der Waals surface area contributed by atoms with Crippen molar-refractivity contribution in [3.63, 3.8) is 0 Å². The summed E-state index contributed by atoms with van der Waals surface area (Å²) >= 11 is 0. The van der Waals surface area contributed by atoms with Gasteiger partial charge in [0.05, 0.1) is 0 Å². The summed E-state index contributed by atoms with van der Waals surface area (Å²) in [5.41, 5.74) is 9.97. The molecule has 2 unspecified atom stereocenters. The third-order valence-electron chi connectivity index (χ3n) is 1.27. The quantitative estimate of drug-likeness (QED) is 0.336. The van der Waals surface area contributed by atoms with Gasteiger partial charge in [-0.3, -0.25) is 9.59 Å². The van der Waals surface area contributed by atoms with Gasteiger partial charge >= 0.3 is 0 Å². The lowest BCUT2D eigenvalue weighted by molar-refractivity contribution is -0.137. The minimum Gasteiger partial charge on any atom is -0.368 e. The molecule has 9 heavy (non-hydrogen) atoms. The number of amides is 2. The van der Waals surface area contributed by atoms with Crippen LogP contribution in [0.1, 0.15) is 0 Å². The highest BCUT2D eigenvalue weighted by Crippen LogP contribution is 2.00. The highest BCUT2D eigenvalue weighted by molar-refractivity contribution is 6.00. The maximum atomic E-state index is 10.3. The number of rotatable bonds is 1. The van der Waals surface area contributed by atoms with Crippen LogP contribution < -0.4 is 16.8 Å². The van der Waals surface area contributed by atoms with Crippen molar-refractivity contribution in [2.24, 2.45) is 11.5 Å². The Morgan fingerprint density at radius 3 is 2.33 bits per heavy atom. The lowest BCUT2D eigenvalue weighted by Gasteiger charge is -2.30. The third kappa shape index (κ3) is 0.746. The first-order valence-corrected chi connectivity index (χ1v) is 2.48. The zero-order valence-electron chi connectivity index (χ0n) is 4.63. The Kier molecular flexibility index (Phi) is 1.14. The largest absolute Gasteiger partial charge is 0.368 e. The Hall–Kier alpha value is -1.10. The fourth-order valence-electron chi connectivity index (χ4n) is 0.643. The second-order valence-corrected chi connectivity index (χ2v) is 1.91. The molecular formula is C4H7N3O2. The Labute approximate surface area is 51.4 Å². The van der Waals surface area contributed by atoms with Gasteiger partial charge in [-0.25, -0.2) is 0 Å². The van der Waals surface area contributed by atoms with E-state index in [0.29, 0.717) is 0 Å². The molecule has 5 nitrogen and oxygen atoms in total. The molecule has 0 aromatic rings. The second-order valence-electron chi connectivity index (χ2n) is 1.91. The van der Waals surface area contributed by atoms with Crippen molar-refractivity contribution in [2.75, 3.05) is 0 Å². The van der Waals surface area contributed by atoms with Crippen LogP contribution >= 0.6 is 0 Å². The number of primary amides is 1. The van der Waals surface area contributed by atoms with E-state index in [-0.39, 0.29) is 5.91 Å². The van der Waals surface area contributed by atoms with Gasteiger partial charge in [-0.05, 0) is 0 Å². The van der Waals surface area contributed by atoms with E-state index in [1.165, 1.54) is 0 Å². The monoisotopic (exact) mass is 129 g/mol. The van der Waals surface area contributed by atoms with E-state index in [0.717, 1.165) is 0 Å². The molecule has 0 bridgehead atoms. The molecule has 1 fully saturated rings. The normalized spacial score (nSPS) is 32.8. The highest BCUT2D eigenvalue weighted by Gasteiger charge is 2.39. The van der Waals surface area contributed by atoms with E-state index < -0.39 is 18.0 Å². The molecule has 1 aliphatic rings. The van der Waals surface area contributed by atoms with Crippen LogP contribution in [0.4, 0.5) is 0 Å². The molecule has 2 atom stereocenters. The molecule has 1 aliphatic heterocycles. The molecule has 5 heteroatoms. The topological polar surface area (TPSA) is 98.2 Å². The van der Waals surface area contributed by atoms with Crippen molar-refractivity contribution in [3.8, 4) is 0 Å². The van der Waals surface area contributed by atoms with Gasteiger partial charge in [-0.15, -0.1) is 0 Å². The Morgan fingerprint density at radius 2 is 2.22 bits per heavy atom. The molecule has 2 amide bonds. The van der Waals surface area contributed by atoms with Gasteiger partial charge in [-0.2, -0.15) is 0 Å². The average molecular weight is 129 g/mol. The number of carbonyl (C=O) groups excluding carboxylic acids is 2. The van der Waals surface area contributed by atoms with Crippen molar-refractivity contribution in [3.05, 3.63) is 0 Å². The summed E-state index contributed by atoms with van der Waals surface area (Å²) < 4.78 is 0. The zero-order valence-corrected chi connectivity index (χ0v) is 4.63. The molecule has 0 aromatic carbocycles. The Balaban J connectivity index is 2.51. The molecule has 0 saturated carbocycles. The molecule has 1 saturated heterocycles. The number of carbonyl (C=O) groups is 2. The molecule has 1 rings (SSSR count). The highest BCUT2D eigenvalue weighted by atomic mass is 16.2. The van der Waals surface area contributed by atoms with Crippen LogP contribution in [0, 0.1) is 0 Å². The smallest absolute Gasteiger partial charge is 0.242 e. The fraction of sp³-hybridized carbons (Fsp3) is 0.500. The minimum atomic E-state index is -0.734. The van der Waals surface area contributed by atoms with Crippen LogP contribution in [-0.2, 0) is 9.59 Å². The zero-order chi connectivity index (χ0) is 7.02. The summed E-state index contributed by atoms with van der Waals surface area (Å²) in [6.07, 6.45) is 0. The van der Waals surface area contributed by atoms with Crippen molar-refractivity contribution in [2.45, 2.75) is 12.1 Å². The van der Waals surface area contributed by atoms with Crippen LogP contribution in [-0.4, -0.2) is 23.9 Å². The lowest BCUT2D eigenvalue weighted by Crippen LogP contribution is -2.71. The van der Waals surface area contributed by atoms with Crippen molar-refractivity contribution in [1.82, 2.24) is 5.32 Å². The third-order valence-corrected chi connectivity index (χ3v) is 1.27. The van der Waals surface area contributed by atoms with Crippen molar-refractivity contribution < 1.29 is 9.59 Å². The van der Waals surface area contributed by atoms with Gasteiger partial charge in [0.15, 0.2) is 0 Å². The van der Waals surface area contributed by atoms with Crippen LogP contribution in [0.5, 0.6) is 0 Å². The van der Waals surface area contributed by atoms with Gasteiger partial charge in [0.2, 0.25) is 11.8 Å². The summed E-state index contributed by atoms with van der Waals surface area (Å²) in [6, 6.07) is -1.39. The predicted octanol–water partition coefficient (Wildman–Crippen LogP) is -2.70. The first-order chi connectivity index (χ1) is 4.13. The second kappa shape index (κ2) is 1.70. The molecule has 0 spiro atoms. The standard InChI is InChI=1S/C4H7N3O2/c5-1-2(3(6)8)7-4(1)9/h1-2H,5H2,(H2,6,8)(H,7,9). The van der Waals surface area contributed by atoms with Crippen LogP contribution in [0.15, 0.2) is 0 Å². The number of β-lactam (4-membered cyclic amide) rings is 1. The Morgan fingerprint density at radius 1 is 1.67 bits per heavy atom. The SMILES string of the molecule is NC(=O)C1NC(=O)C1N. The fourth-order valence-corrected chi connectivity index (χ4v) is 0.643. The van der Waals surface area contributed by atoms with E-state index in [4.69, 9.17) is 11.5 Å². The molecule has 0 radical (unpaired) electrons. The van der Waals surface area contributed by atoms with E-state index in [1.807, 2.05) is 0 Å². The number of nitrogens with one attached hydrogen (secondary N) is 1. The molecule has 1 heterocycles. The first-order valence-electron chi connectivity index (χ1n) is 2.48.